The SMILES string of the molecule is COc1cccc(NC(=S)N2CC[C@@H]3CCCC[C@@H]3C2)c1. The molecule has 1 aliphatic heterocycles. The first-order valence-corrected chi connectivity index (χ1v) is 8.37. The van der Waals surface area contributed by atoms with Crippen LogP contribution in [0, 0.1) is 11.8 Å². The molecule has 3 nitrogen and oxygen atoms in total. The summed E-state index contributed by atoms with van der Waals surface area (Å²) in [5, 5.41) is 4.21. The topological polar surface area (TPSA) is 24.5 Å². The molecule has 1 N–H and O–H groups in total. The van der Waals surface area contributed by atoms with E-state index in [1.807, 2.05) is 24.3 Å². The smallest absolute Gasteiger partial charge is 0.173 e. The second kappa shape index (κ2) is 6.65. The molecule has 1 aromatic rings. The fourth-order valence-corrected chi connectivity index (χ4v) is 3.97. The Morgan fingerprint density at radius 2 is 2.05 bits per heavy atom. The summed E-state index contributed by atoms with van der Waals surface area (Å²) in [6, 6.07) is 7.95. The lowest BCUT2D eigenvalue weighted by Crippen LogP contribution is -2.46. The molecule has 2 fully saturated rings. The van der Waals surface area contributed by atoms with E-state index in [2.05, 4.69) is 10.2 Å². The molecule has 0 bridgehead atoms. The molecule has 1 aromatic carbocycles. The van der Waals surface area contributed by atoms with Crippen LogP contribution < -0.4 is 10.1 Å². The van der Waals surface area contributed by atoms with Gasteiger partial charge >= 0.3 is 0 Å². The number of benzene rings is 1. The van der Waals surface area contributed by atoms with Crippen LogP contribution in [-0.2, 0) is 0 Å². The van der Waals surface area contributed by atoms with Crippen LogP contribution in [0.25, 0.3) is 0 Å². The summed E-state index contributed by atoms with van der Waals surface area (Å²) in [7, 11) is 1.69. The number of hydrogen-bond donors (Lipinski definition) is 1. The summed E-state index contributed by atoms with van der Waals surface area (Å²) in [5.41, 5.74) is 1.00. The number of nitrogens with one attached hydrogen (secondary N) is 1. The molecule has 1 heterocycles. The minimum atomic E-state index is 0.845. The van der Waals surface area contributed by atoms with E-state index < -0.39 is 0 Å². The third-order valence-electron chi connectivity index (χ3n) is 4.90. The fourth-order valence-electron chi connectivity index (χ4n) is 3.69. The van der Waals surface area contributed by atoms with Crippen LogP contribution in [-0.4, -0.2) is 30.2 Å². The van der Waals surface area contributed by atoms with Gasteiger partial charge < -0.3 is 15.0 Å². The van der Waals surface area contributed by atoms with Crippen LogP contribution in [0.15, 0.2) is 24.3 Å². The number of piperidine rings is 1. The number of rotatable bonds is 2. The molecule has 0 amide bonds. The number of thiocarbonyl (C=S) groups is 1. The third kappa shape index (κ3) is 3.49. The van der Waals surface area contributed by atoms with Crippen LogP contribution in [0.1, 0.15) is 32.1 Å². The molecule has 4 heteroatoms. The summed E-state index contributed by atoms with van der Waals surface area (Å²) < 4.78 is 5.26. The summed E-state index contributed by atoms with van der Waals surface area (Å²) in [6.45, 7) is 2.22. The monoisotopic (exact) mass is 304 g/mol. The lowest BCUT2D eigenvalue weighted by atomic mass is 9.75. The van der Waals surface area contributed by atoms with Crippen LogP contribution >= 0.6 is 12.2 Å². The van der Waals surface area contributed by atoms with Crippen molar-refractivity contribution in [2.75, 3.05) is 25.5 Å². The lowest BCUT2D eigenvalue weighted by Gasteiger charge is -2.42. The van der Waals surface area contributed by atoms with Crippen molar-refractivity contribution in [2.45, 2.75) is 32.1 Å². The quantitative estimate of drug-likeness (QED) is 0.837. The normalized spacial score (nSPS) is 25.1. The van der Waals surface area contributed by atoms with Gasteiger partial charge in [0.2, 0.25) is 0 Å². The van der Waals surface area contributed by atoms with E-state index >= 15 is 0 Å². The highest BCUT2D eigenvalue weighted by Gasteiger charge is 2.31. The first-order chi connectivity index (χ1) is 10.3. The molecule has 1 saturated carbocycles. The maximum Gasteiger partial charge on any atom is 0.173 e. The Morgan fingerprint density at radius 3 is 2.86 bits per heavy atom. The molecule has 3 rings (SSSR count). The molecule has 0 radical (unpaired) electrons. The van der Waals surface area contributed by atoms with Crippen LogP contribution in [0.4, 0.5) is 5.69 Å². The Hall–Kier alpha value is -1.29. The van der Waals surface area contributed by atoms with Gasteiger partial charge in [-0.1, -0.05) is 25.3 Å². The van der Waals surface area contributed by atoms with Gasteiger partial charge in [0, 0.05) is 24.8 Å². The van der Waals surface area contributed by atoms with Crippen LogP contribution in [0.3, 0.4) is 0 Å². The molecule has 114 valence electrons. The van der Waals surface area contributed by atoms with Gasteiger partial charge in [-0.25, -0.2) is 0 Å². The van der Waals surface area contributed by atoms with Gasteiger partial charge in [0.1, 0.15) is 5.75 Å². The average Bonchev–Trinajstić information content (AvgIpc) is 2.54. The molecular weight excluding hydrogens is 280 g/mol. The number of anilines is 1. The lowest BCUT2D eigenvalue weighted by molar-refractivity contribution is 0.131. The molecule has 0 aromatic heterocycles. The van der Waals surface area contributed by atoms with Crippen molar-refractivity contribution >= 4 is 23.0 Å². The first kappa shape index (κ1) is 14.6. The Bertz CT molecular complexity index is 505. The minimum Gasteiger partial charge on any atom is -0.497 e. The highest BCUT2D eigenvalue weighted by atomic mass is 32.1. The zero-order valence-electron chi connectivity index (χ0n) is 12.7. The van der Waals surface area contributed by atoms with Crippen molar-refractivity contribution in [3.63, 3.8) is 0 Å². The largest absolute Gasteiger partial charge is 0.497 e. The zero-order valence-corrected chi connectivity index (χ0v) is 13.5. The van der Waals surface area contributed by atoms with Gasteiger partial charge in [0.15, 0.2) is 5.11 Å². The maximum absolute atomic E-state index is 5.60. The maximum atomic E-state index is 5.60. The summed E-state index contributed by atoms with van der Waals surface area (Å²) in [4.78, 5) is 2.35. The third-order valence-corrected chi connectivity index (χ3v) is 5.26. The molecule has 2 aliphatic rings. The van der Waals surface area contributed by atoms with Gasteiger partial charge in [-0.2, -0.15) is 0 Å². The van der Waals surface area contributed by atoms with Crippen molar-refractivity contribution in [3.8, 4) is 5.75 Å². The minimum absolute atomic E-state index is 0.845. The predicted molar refractivity (Wildman–Crippen MR) is 90.9 cm³/mol. The second-order valence-corrected chi connectivity index (χ2v) is 6.59. The molecular formula is C17H24N2OS. The number of hydrogen-bond acceptors (Lipinski definition) is 2. The molecule has 2 atom stereocenters. The average molecular weight is 304 g/mol. The highest BCUT2D eigenvalue weighted by molar-refractivity contribution is 7.80. The van der Waals surface area contributed by atoms with E-state index in [4.69, 9.17) is 17.0 Å². The zero-order chi connectivity index (χ0) is 14.7. The van der Waals surface area contributed by atoms with Crippen LogP contribution in [0.5, 0.6) is 5.75 Å². The molecule has 21 heavy (non-hydrogen) atoms. The second-order valence-electron chi connectivity index (χ2n) is 6.20. The van der Waals surface area contributed by atoms with Gasteiger partial charge in [0.05, 0.1) is 7.11 Å². The van der Waals surface area contributed by atoms with Gasteiger partial charge in [-0.05, 0) is 49.0 Å². The van der Waals surface area contributed by atoms with Crippen molar-refractivity contribution < 1.29 is 4.74 Å². The molecule has 0 spiro atoms. The van der Waals surface area contributed by atoms with E-state index in [9.17, 15) is 0 Å². The Labute approximate surface area is 132 Å². The summed E-state index contributed by atoms with van der Waals surface area (Å²) in [5.74, 6) is 2.64. The molecule has 1 saturated heterocycles. The van der Waals surface area contributed by atoms with E-state index in [0.29, 0.717) is 0 Å². The van der Waals surface area contributed by atoms with E-state index in [1.165, 1.54) is 32.1 Å². The Balaban J connectivity index is 1.60. The van der Waals surface area contributed by atoms with Crippen molar-refractivity contribution in [1.82, 2.24) is 4.90 Å². The molecule has 0 unspecified atom stereocenters. The number of likely N-dealkylation sites (tertiary alicyclic amines) is 1. The first-order valence-electron chi connectivity index (χ1n) is 7.96. The molecule has 1 aliphatic carbocycles. The van der Waals surface area contributed by atoms with E-state index in [1.54, 1.807) is 7.11 Å². The summed E-state index contributed by atoms with van der Waals surface area (Å²) in [6.07, 6.45) is 6.92. The van der Waals surface area contributed by atoms with E-state index in [-0.39, 0.29) is 0 Å². The predicted octanol–water partition coefficient (Wildman–Crippen LogP) is 3.90. The Kier molecular flexibility index (Phi) is 4.63. The standard InChI is InChI=1S/C17H24N2OS/c1-20-16-8-4-7-15(11-16)18-17(21)19-10-9-13-5-2-3-6-14(13)12-19/h4,7-8,11,13-14H,2-3,5-6,9-10,12H2,1H3,(H,18,21)/t13-,14+/m0/s1. The number of fused-ring (bicyclic) bond motifs is 1. The van der Waals surface area contributed by atoms with Gasteiger partial charge in [0.25, 0.3) is 0 Å². The van der Waals surface area contributed by atoms with E-state index in [0.717, 1.165) is 41.5 Å². The van der Waals surface area contributed by atoms with Crippen LogP contribution in [0.2, 0.25) is 0 Å². The number of ether oxygens (including phenoxy) is 1. The highest BCUT2D eigenvalue weighted by Crippen LogP contribution is 2.36. The Morgan fingerprint density at radius 1 is 1.24 bits per heavy atom. The number of methoxy groups -OCH3 is 1. The van der Waals surface area contributed by atoms with Gasteiger partial charge in [-0.15, -0.1) is 0 Å². The number of nitrogens with zero attached hydrogens (tertiary/aromatic N) is 1. The fraction of sp³-hybridized carbons (Fsp3) is 0.588. The van der Waals surface area contributed by atoms with Gasteiger partial charge in [-0.3, -0.25) is 0 Å². The van der Waals surface area contributed by atoms with Crippen molar-refractivity contribution in [2.24, 2.45) is 11.8 Å². The van der Waals surface area contributed by atoms with Crippen molar-refractivity contribution in [3.05, 3.63) is 24.3 Å². The van der Waals surface area contributed by atoms with Crippen molar-refractivity contribution in [1.29, 1.82) is 0 Å². The summed E-state index contributed by atoms with van der Waals surface area (Å²) >= 11 is 5.60.